The molecule has 1 aromatic heterocycles. The van der Waals surface area contributed by atoms with Gasteiger partial charge in [0.1, 0.15) is 5.76 Å². The summed E-state index contributed by atoms with van der Waals surface area (Å²) >= 11 is 0. The third-order valence-corrected chi connectivity index (χ3v) is 4.80. The molecule has 0 aromatic carbocycles. The maximum absolute atomic E-state index is 12.2. The molecule has 20 heavy (non-hydrogen) atoms. The van der Waals surface area contributed by atoms with Crippen molar-refractivity contribution in [2.75, 3.05) is 0 Å². The van der Waals surface area contributed by atoms with Gasteiger partial charge in [-0.2, -0.15) is 0 Å². The minimum atomic E-state index is -3.54. The number of sulfonamides is 1. The quantitative estimate of drug-likeness (QED) is 0.845. The van der Waals surface area contributed by atoms with E-state index >= 15 is 0 Å². The van der Waals surface area contributed by atoms with Crippen LogP contribution < -0.4 is 10.0 Å². The van der Waals surface area contributed by atoms with Gasteiger partial charge < -0.3 is 9.73 Å². The smallest absolute Gasteiger partial charge is 0.274 e. The van der Waals surface area contributed by atoms with Crippen molar-refractivity contribution < 1.29 is 12.8 Å². The molecule has 114 valence electrons. The van der Waals surface area contributed by atoms with E-state index in [2.05, 4.69) is 10.0 Å². The standard InChI is InChI=1S/C14H24N2O3S/c1-10(11-5-6-11)16-20(17,18)13-8-7-12(19-13)9-15-14(2,3)4/h7-8,10-11,15-16H,5-6,9H2,1-4H3. The molecule has 0 bridgehead atoms. The molecule has 0 radical (unpaired) electrons. The molecule has 1 atom stereocenters. The SMILES string of the molecule is CC(NS(=O)(=O)c1ccc(CNC(C)(C)C)o1)C1CC1. The van der Waals surface area contributed by atoms with E-state index < -0.39 is 10.0 Å². The van der Waals surface area contributed by atoms with Gasteiger partial charge in [0.15, 0.2) is 0 Å². The molecule has 6 heteroatoms. The average molecular weight is 300 g/mol. The molecular weight excluding hydrogens is 276 g/mol. The molecule has 2 N–H and O–H groups in total. The van der Waals surface area contributed by atoms with Gasteiger partial charge in [0.05, 0.1) is 6.54 Å². The largest absolute Gasteiger partial charge is 0.447 e. The lowest BCUT2D eigenvalue weighted by molar-refractivity contribution is 0.358. The molecule has 1 heterocycles. The van der Waals surface area contributed by atoms with Crippen molar-refractivity contribution >= 4 is 10.0 Å². The van der Waals surface area contributed by atoms with Gasteiger partial charge in [0.25, 0.3) is 10.0 Å². The fraction of sp³-hybridized carbons (Fsp3) is 0.714. The van der Waals surface area contributed by atoms with E-state index in [9.17, 15) is 8.42 Å². The van der Waals surface area contributed by atoms with Crippen molar-refractivity contribution in [3.63, 3.8) is 0 Å². The first-order chi connectivity index (χ1) is 9.17. The number of hydrogen-bond donors (Lipinski definition) is 2. The van der Waals surface area contributed by atoms with Gasteiger partial charge in [-0.3, -0.25) is 0 Å². The van der Waals surface area contributed by atoms with Crippen molar-refractivity contribution in [1.82, 2.24) is 10.0 Å². The van der Waals surface area contributed by atoms with Gasteiger partial charge in [0.2, 0.25) is 5.09 Å². The van der Waals surface area contributed by atoms with E-state index in [1.54, 1.807) is 6.07 Å². The molecule has 5 nitrogen and oxygen atoms in total. The molecule has 1 saturated carbocycles. The summed E-state index contributed by atoms with van der Waals surface area (Å²) in [6.45, 7) is 8.56. The highest BCUT2D eigenvalue weighted by Gasteiger charge is 2.32. The summed E-state index contributed by atoms with van der Waals surface area (Å²) in [7, 11) is -3.54. The molecule has 1 unspecified atom stereocenters. The van der Waals surface area contributed by atoms with Crippen LogP contribution in [0.25, 0.3) is 0 Å². The highest BCUT2D eigenvalue weighted by molar-refractivity contribution is 7.89. The lowest BCUT2D eigenvalue weighted by Gasteiger charge is -2.19. The number of furan rings is 1. The van der Waals surface area contributed by atoms with Crippen LogP contribution in [0.2, 0.25) is 0 Å². The molecule has 0 spiro atoms. The normalized spacial score (nSPS) is 18.2. The Bertz CT molecular complexity index is 553. The second kappa shape index (κ2) is 5.50. The summed E-state index contributed by atoms with van der Waals surface area (Å²) in [4.78, 5) is 0. The van der Waals surface area contributed by atoms with Crippen molar-refractivity contribution in [2.24, 2.45) is 5.92 Å². The van der Waals surface area contributed by atoms with Crippen molar-refractivity contribution in [1.29, 1.82) is 0 Å². The molecule has 2 rings (SSSR count). The van der Waals surface area contributed by atoms with Crippen LogP contribution in [0.5, 0.6) is 0 Å². The molecule has 0 amide bonds. The lowest BCUT2D eigenvalue weighted by Crippen LogP contribution is -2.35. The van der Waals surface area contributed by atoms with Crippen LogP contribution in [-0.2, 0) is 16.6 Å². The fourth-order valence-electron chi connectivity index (χ4n) is 1.95. The van der Waals surface area contributed by atoms with Crippen molar-refractivity contribution in [2.45, 2.75) is 63.8 Å². The Morgan fingerprint density at radius 2 is 2.00 bits per heavy atom. The Labute approximate surface area is 121 Å². The molecule has 1 aliphatic carbocycles. The van der Waals surface area contributed by atoms with Crippen LogP contribution in [-0.4, -0.2) is 20.0 Å². The third kappa shape index (κ3) is 4.33. The van der Waals surface area contributed by atoms with Crippen molar-refractivity contribution in [3.8, 4) is 0 Å². The summed E-state index contributed by atoms with van der Waals surface area (Å²) in [5.74, 6) is 1.10. The van der Waals surface area contributed by atoms with Crippen LogP contribution >= 0.6 is 0 Å². The van der Waals surface area contributed by atoms with E-state index in [1.165, 1.54) is 6.07 Å². The summed E-state index contributed by atoms with van der Waals surface area (Å²) in [5.41, 5.74) is -0.0371. The highest BCUT2D eigenvalue weighted by atomic mass is 32.2. The van der Waals surface area contributed by atoms with E-state index in [0.717, 1.165) is 12.8 Å². The minimum absolute atomic E-state index is 0.00397. The first-order valence-electron chi connectivity index (χ1n) is 7.03. The Morgan fingerprint density at radius 1 is 1.35 bits per heavy atom. The number of rotatable bonds is 6. The monoisotopic (exact) mass is 300 g/mol. The summed E-state index contributed by atoms with van der Waals surface area (Å²) in [6, 6.07) is 3.19. The minimum Gasteiger partial charge on any atom is -0.447 e. The van der Waals surface area contributed by atoms with Gasteiger partial charge >= 0.3 is 0 Å². The highest BCUT2D eigenvalue weighted by Crippen LogP contribution is 2.33. The molecule has 1 fully saturated rings. The Hall–Kier alpha value is -0.850. The summed E-state index contributed by atoms with van der Waals surface area (Å²) in [6.07, 6.45) is 2.20. The molecular formula is C14H24N2O3S. The zero-order chi connectivity index (χ0) is 15.0. The van der Waals surface area contributed by atoms with E-state index in [0.29, 0.717) is 18.2 Å². The maximum atomic E-state index is 12.2. The topological polar surface area (TPSA) is 71.3 Å². The van der Waals surface area contributed by atoms with Crippen molar-refractivity contribution in [3.05, 3.63) is 17.9 Å². The number of nitrogens with one attached hydrogen (secondary N) is 2. The summed E-state index contributed by atoms with van der Waals surface area (Å²) < 4.78 is 32.4. The second-order valence-corrected chi connectivity index (χ2v) is 8.22. The Balaban J connectivity index is 1.99. The predicted octanol–water partition coefficient (Wildman–Crippen LogP) is 2.24. The Morgan fingerprint density at radius 3 is 2.55 bits per heavy atom. The predicted molar refractivity (Wildman–Crippen MR) is 77.8 cm³/mol. The van der Waals surface area contributed by atoms with Crippen LogP contribution in [0.1, 0.15) is 46.3 Å². The van der Waals surface area contributed by atoms with Gasteiger partial charge in [-0.15, -0.1) is 0 Å². The molecule has 1 aromatic rings. The molecule has 0 aliphatic heterocycles. The fourth-order valence-corrected chi connectivity index (χ4v) is 3.21. The Kier molecular flexibility index (Phi) is 4.27. The van der Waals surface area contributed by atoms with Crippen LogP contribution in [0.4, 0.5) is 0 Å². The first-order valence-corrected chi connectivity index (χ1v) is 8.52. The first kappa shape index (κ1) is 15.5. The zero-order valence-corrected chi connectivity index (χ0v) is 13.4. The lowest BCUT2D eigenvalue weighted by atomic mass is 10.1. The summed E-state index contributed by atoms with van der Waals surface area (Å²) in [5, 5.41) is 3.26. The van der Waals surface area contributed by atoms with E-state index in [1.807, 2.05) is 27.7 Å². The van der Waals surface area contributed by atoms with E-state index in [4.69, 9.17) is 4.42 Å². The molecule has 1 aliphatic rings. The van der Waals surface area contributed by atoms with Gasteiger partial charge in [-0.25, -0.2) is 13.1 Å². The average Bonchev–Trinajstić information content (AvgIpc) is 3.03. The van der Waals surface area contributed by atoms with Crippen LogP contribution in [0, 0.1) is 5.92 Å². The van der Waals surface area contributed by atoms with Gasteiger partial charge in [-0.1, -0.05) is 0 Å². The molecule has 0 saturated heterocycles. The van der Waals surface area contributed by atoms with E-state index in [-0.39, 0.29) is 16.7 Å². The zero-order valence-electron chi connectivity index (χ0n) is 12.6. The van der Waals surface area contributed by atoms with Crippen LogP contribution in [0.3, 0.4) is 0 Å². The second-order valence-electron chi connectivity index (χ2n) is 6.57. The maximum Gasteiger partial charge on any atom is 0.274 e. The van der Waals surface area contributed by atoms with Gasteiger partial charge in [0, 0.05) is 11.6 Å². The number of hydrogen-bond acceptors (Lipinski definition) is 4. The van der Waals surface area contributed by atoms with Gasteiger partial charge in [-0.05, 0) is 58.6 Å². The van der Waals surface area contributed by atoms with Crippen LogP contribution in [0.15, 0.2) is 21.6 Å². The third-order valence-electron chi connectivity index (χ3n) is 3.36.